The van der Waals surface area contributed by atoms with Gasteiger partial charge in [-0.2, -0.15) is 18.4 Å². The monoisotopic (exact) mass is 364 g/mol. The number of hydrogen-bond donors (Lipinski definition) is 1. The SMILES string of the molecule is N#Cc1ccc(S(=O)(=O)NC(=O)C2COCCO2)cc1C(F)(F)F. The van der Waals surface area contributed by atoms with Crippen molar-refractivity contribution in [2.24, 2.45) is 0 Å². The van der Waals surface area contributed by atoms with Crippen LogP contribution < -0.4 is 4.72 Å². The number of amides is 1. The molecule has 0 aliphatic carbocycles. The molecule has 1 aromatic rings. The number of nitrogens with one attached hydrogen (secondary N) is 1. The predicted octanol–water partition coefficient (Wildman–Crippen LogP) is 0.797. The summed E-state index contributed by atoms with van der Waals surface area (Å²) in [4.78, 5) is 11.0. The van der Waals surface area contributed by atoms with Crippen molar-refractivity contribution in [1.29, 1.82) is 5.26 Å². The van der Waals surface area contributed by atoms with Crippen molar-refractivity contribution in [2.45, 2.75) is 17.2 Å². The van der Waals surface area contributed by atoms with Crippen LogP contribution in [0, 0.1) is 11.3 Å². The molecule has 1 fully saturated rings. The zero-order valence-electron chi connectivity index (χ0n) is 12.0. The van der Waals surface area contributed by atoms with E-state index in [9.17, 15) is 26.4 Å². The van der Waals surface area contributed by atoms with Gasteiger partial charge in [-0.3, -0.25) is 4.79 Å². The van der Waals surface area contributed by atoms with E-state index in [1.54, 1.807) is 4.72 Å². The number of nitriles is 1. The molecule has 1 aliphatic heterocycles. The Hall–Kier alpha value is -2.16. The van der Waals surface area contributed by atoms with Crippen molar-refractivity contribution in [3.05, 3.63) is 29.3 Å². The second-order valence-corrected chi connectivity index (χ2v) is 6.40. The number of sulfonamides is 1. The third-order valence-corrected chi connectivity index (χ3v) is 4.41. The number of ether oxygens (including phenoxy) is 2. The van der Waals surface area contributed by atoms with Crippen LogP contribution in [0.2, 0.25) is 0 Å². The number of alkyl halides is 3. The van der Waals surface area contributed by atoms with Crippen molar-refractivity contribution in [3.8, 4) is 6.07 Å². The maximum absolute atomic E-state index is 12.9. The van der Waals surface area contributed by atoms with E-state index < -0.39 is 44.2 Å². The molecule has 1 amide bonds. The first-order chi connectivity index (χ1) is 11.1. The average Bonchev–Trinajstić information content (AvgIpc) is 2.53. The van der Waals surface area contributed by atoms with Gasteiger partial charge >= 0.3 is 6.18 Å². The fraction of sp³-hybridized carbons (Fsp3) is 0.385. The Balaban J connectivity index is 2.29. The number of carbonyl (C=O) groups excluding carboxylic acids is 1. The Morgan fingerprint density at radius 2 is 2.04 bits per heavy atom. The number of hydrogen-bond acceptors (Lipinski definition) is 6. The largest absolute Gasteiger partial charge is 0.417 e. The topological polar surface area (TPSA) is 105 Å². The number of benzene rings is 1. The maximum atomic E-state index is 12.9. The van der Waals surface area contributed by atoms with Gasteiger partial charge in [0, 0.05) is 0 Å². The van der Waals surface area contributed by atoms with Crippen molar-refractivity contribution < 1.29 is 35.9 Å². The summed E-state index contributed by atoms with van der Waals surface area (Å²) in [5.74, 6) is -1.05. The van der Waals surface area contributed by atoms with E-state index in [-0.39, 0.29) is 19.8 Å². The Labute approximate surface area is 135 Å². The lowest BCUT2D eigenvalue weighted by atomic mass is 10.1. The molecule has 1 heterocycles. The molecule has 1 atom stereocenters. The van der Waals surface area contributed by atoms with Crippen molar-refractivity contribution in [1.82, 2.24) is 4.72 Å². The zero-order chi connectivity index (χ0) is 18.0. The van der Waals surface area contributed by atoms with E-state index >= 15 is 0 Å². The van der Waals surface area contributed by atoms with E-state index in [1.807, 2.05) is 0 Å². The van der Waals surface area contributed by atoms with Gasteiger partial charge in [0.15, 0.2) is 6.10 Å². The minimum Gasteiger partial charge on any atom is -0.376 e. The van der Waals surface area contributed by atoms with Crippen LogP contribution in [0.3, 0.4) is 0 Å². The standard InChI is InChI=1S/C13H11F3N2O5S/c14-13(15,16)10-5-9(2-1-8(10)6-17)24(20,21)18-12(19)11-7-22-3-4-23-11/h1-2,5,11H,3-4,7H2,(H,18,19). The smallest absolute Gasteiger partial charge is 0.376 e. The van der Waals surface area contributed by atoms with Crippen molar-refractivity contribution in [3.63, 3.8) is 0 Å². The third kappa shape index (κ3) is 4.02. The van der Waals surface area contributed by atoms with Crippen LogP contribution in [0.5, 0.6) is 0 Å². The summed E-state index contributed by atoms with van der Waals surface area (Å²) in [6, 6.07) is 3.16. The number of rotatable bonds is 3. The molecule has 0 spiro atoms. The van der Waals surface area contributed by atoms with Crippen LogP contribution in [-0.2, 0) is 30.5 Å². The van der Waals surface area contributed by atoms with Crippen LogP contribution >= 0.6 is 0 Å². The predicted molar refractivity (Wildman–Crippen MR) is 72.0 cm³/mol. The van der Waals surface area contributed by atoms with E-state index in [1.165, 1.54) is 6.07 Å². The number of nitrogens with zero attached hydrogens (tertiary/aromatic N) is 1. The Bertz CT molecular complexity index is 780. The van der Waals surface area contributed by atoms with Gasteiger partial charge in [0.2, 0.25) is 0 Å². The molecule has 1 N–H and O–H groups in total. The molecule has 0 radical (unpaired) electrons. The summed E-state index contributed by atoms with van der Waals surface area (Å²) < 4.78 is 74.4. The molecule has 1 aliphatic rings. The van der Waals surface area contributed by atoms with Crippen molar-refractivity contribution in [2.75, 3.05) is 19.8 Å². The molecule has 24 heavy (non-hydrogen) atoms. The maximum Gasteiger partial charge on any atom is 0.417 e. The summed E-state index contributed by atoms with van der Waals surface area (Å²) in [6.45, 7) is 0.177. The van der Waals surface area contributed by atoms with E-state index in [2.05, 4.69) is 0 Å². The fourth-order valence-corrected chi connectivity index (χ4v) is 2.95. The van der Waals surface area contributed by atoms with Gasteiger partial charge < -0.3 is 9.47 Å². The van der Waals surface area contributed by atoms with E-state index in [0.717, 1.165) is 12.1 Å². The van der Waals surface area contributed by atoms with Crippen molar-refractivity contribution >= 4 is 15.9 Å². The second-order valence-electron chi connectivity index (χ2n) is 4.72. The van der Waals surface area contributed by atoms with Gasteiger partial charge in [0.1, 0.15) is 0 Å². The van der Waals surface area contributed by atoms with E-state index in [4.69, 9.17) is 14.7 Å². The van der Waals surface area contributed by atoms with Crippen LogP contribution in [0.15, 0.2) is 23.1 Å². The Morgan fingerprint density at radius 3 is 2.58 bits per heavy atom. The van der Waals surface area contributed by atoms with Crippen LogP contribution in [-0.4, -0.2) is 40.2 Å². The molecular weight excluding hydrogens is 353 g/mol. The van der Waals surface area contributed by atoms with Gasteiger partial charge in [-0.25, -0.2) is 13.1 Å². The van der Waals surface area contributed by atoms with Gasteiger partial charge in [-0.1, -0.05) is 0 Å². The lowest BCUT2D eigenvalue weighted by Gasteiger charge is -2.22. The minimum atomic E-state index is -4.92. The molecular formula is C13H11F3N2O5S. The zero-order valence-corrected chi connectivity index (χ0v) is 12.8. The molecule has 2 rings (SSSR count). The fourth-order valence-electron chi connectivity index (χ4n) is 1.92. The molecule has 0 saturated carbocycles. The molecule has 130 valence electrons. The summed E-state index contributed by atoms with van der Waals surface area (Å²) in [6.07, 6.45) is -6.09. The van der Waals surface area contributed by atoms with Crippen LogP contribution in [0.1, 0.15) is 11.1 Å². The van der Waals surface area contributed by atoms with E-state index in [0.29, 0.717) is 6.07 Å². The number of halogens is 3. The molecule has 1 unspecified atom stereocenters. The normalized spacial score (nSPS) is 18.7. The molecule has 7 nitrogen and oxygen atoms in total. The summed E-state index contributed by atoms with van der Waals surface area (Å²) in [5, 5.41) is 8.69. The van der Waals surface area contributed by atoms with Crippen LogP contribution in [0.4, 0.5) is 13.2 Å². The minimum absolute atomic E-state index is 0.0905. The Kier molecular flexibility index (Phi) is 5.12. The highest BCUT2D eigenvalue weighted by Crippen LogP contribution is 2.33. The lowest BCUT2D eigenvalue weighted by Crippen LogP contribution is -2.45. The third-order valence-electron chi connectivity index (χ3n) is 3.07. The first-order valence-electron chi connectivity index (χ1n) is 6.52. The quantitative estimate of drug-likeness (QED) is 0.850. The molecule has 0 bridgehead atoms. The van der Waals surface area contributed by atoms with Gasteiger partial charge in [-0.05, 0) is 18.2 Å². The first-order valence-corrected chi connectivity index (χ1v) is 8.01. The number of carbonyl (C=O) groups is 1. The van der Waals surface area contributed by atoms with Crippen LogP contribution in [0.25, 0.3) is 0 Å². The Morgan fingerprint density at radius 1 is 1.33 bits per heavy atom. The van der Waals surface area contributed by atoms with Gasteiger partial charge in [0.05, 0.1) is 41.9 Å². The highest BCUT2D eigenvalue weighted by atomic mass is 32.2. The average molecular weight is 364 g/mol. The first kappa shape index (κ1) is 18.2. The van der Waals surface area contributed by atoms with Gasteiger partial charge in [-0.15, -0.1) is 0 Å². The van der Waals surface area contributed by atoms with Gasteiger partial charge in [0.25, 0.3) is 15.9 Å². The molecule has 1 saturated heterocycles. The highest BCUT2D eigenvalue weighted by molar-refractivity contribution is 7.90. The summed E-state index contributed by atoms with van der Waals surface area (Å²) >= 11 is 0. The molecule has 0 aromatic heterocycles. The summed E-state index contributed by atoms with van der Waals surface area (Å²) in [5.41, 5.74) is -2.13. The molecule has 1 aromatic carbocycles. The second kappa shape index (κ2) is 6.76. The summed E-state index contributed by atoms with van der Waals surface area (Å²) in [7, 11) is -4.56. The molecule has 11 heteroatoms. The highest BCUT2D eigenvalue weighted by Gasteiger charge is 2.35. The lowest BCUT2D eigenvalue weighted by molar-refractivity contribution is -0.145.